The van der Waals surface area contributed by atoms with Crippen molar-refractivity contribution in [3.05, 3.63) is 17.0 Å². The van der Waals surface area contributed by atoms with Gasteiger partial charge < -0.3 is 10.4 Å². The van der Waals surface area contributed by atoms with E-state index in [1.54, 1.807) is 0 Å². The van der Waals surface area contributed by atoms with E-state index in [-0.39, 0.29) is 17.1 Å². The first kappa shape index (κ1) is 12.4. The van der Waals surface area contributed by atoms with Crippen LogP contribution in [0.15, 0.2) is 6.20 Å². The molecule has 1 saturated carbocycles. The highest BCUT2D eigenvalue weighted by Crippen LogP contribution is 2.35. The van der Waals surface area contributed by atoms with Crippen molar-refractivity contribution in [3.63, 3.8) is 0 Å². The molecule has 4 nitrogen and oxygen atoms in total. The lowest BCUT2D eigenvalue weighted by Gasteiger charge is -2.32. The Hall–Kier alpha value is -1.08. The molecule has 0 amide bonds. The van der Waals surface area contributed by atoms with Crippen molar-refractivity contribution in [1.82, 2.24) is 9.97 Å². The Morgan fingerprint density at radius 2 is 2.06 bits per heavy atom. The van der Waals surface area contributed by atoms with Gasteiger partial charge in [0.05, 0.1) is 6.10 Å². The molecule has 1 aromatic heterocycles. The van der Waals surface area contributed by atoms with Crippen LogP contribution in [-0.4, -0.2) is 27.2 Å². The van der Waals surface area contributed by atoms with E-state index in [9.17, 15) is 13.2 Å². The van der Waals surface area contributed by atoms with E-state index in [1.165, 1.54) is 0 Å². The number of aliphatic hydroxyl groups excluding tert-OH is 1. The number of hydrogen-bond donors (Lipinski definition) is 2. The van der Waals surface area contributed by atoms with Crippen molar-refractivity contribution in [1.29, 1.82) is 0 Å². The maximum atomic E-state index is 12.6. The summed E-state index contributed by atoms with van der Waals surface area (Å²) < 4.78 is 37.9. The molecule has 0 radical (unpaired) electrons. The fourth-order valence-corrected chi connectivity index (χ4v) is 1.71. The molecule has 1 heterocycles. The number of halogens is 4. The Balaban J connectivity index is 2.21. The highest BCUT2D eigenvalue weighted by molar-refractivity contribution is 6.28. The summed E-state index contributed by atoms with van der Waals surface area (Å²) in [5.74, 6) is -0.339. The summed E-state index contributed by atoms with van der Waals surface area (Å²) in [7, 11) is 0. The van der Waals surface area contributed by atoms with E-state index in [1.807, 2.05) is 0 Å². The topological polar surface area (TPSA) is 58.0 Å². The van der Waals surface area contributed by atoms with Crippen LogP contribution in [-0.2, 0) is 6.18 Å². The molecule has 0 aliphatic heterocycles. The predicted octanol–water partition coefficient (Wildman–Crippen LogP) is 2.08. The minimum Gasteiger partial charge on any atom is -0.393 e. The van der Waals surface area contributed by atoms with Gasteiger partial charge in [0.1, 0.15) is 11.4 Å². The monoisotopic (exact) mass is 267 g/mol. The van der Waals surface area contributed by atoms with Crippen molar-refractivity contribution in [3.8, 4) is 0 Å². The van der Waals surface area contributed by atoms with Crippen molar-refractivity contribution < 1.29 is 18.3 Å². The van der Waals surface area contributed by atoms with Gasteiger partial charge in [-0.05, 0) is 24.4 Å². The fourth-order valence-electron chi connectivity index (χ4n) is 1.58. The summed E-state index contributed by atoms with van der Waals surface area (Å²) in [5, 5.41) is 11.4. The molecule has 2 N–H and O–H groups in total. The van der Waals surface area contributed by atoms with Gasteiger partial charge >= 0.3 is 6.18 Å². The number of aliphatic hydroxyl groups is 1. The Bertz CT molecular complexity index is 420. The molecule has 1 aliphatic carbocycles. The summed E-state index contributed by atoms with van der Waals surface area (Å²) >= 11 is 5.46. The van der Waals surface area contributed by atoms with Crippen LogP contribution < -0.4 is 5.32 Å². The van der Waals surface area contributed by atoms with Crippen LogP contribution in [0.3, 0.4) is 0 Å². The molecule has 0 saturated heterocycles. The first-order valence-corrected chi connectivity index (χ1v) is 5.28. The Morgan fingerprint density at radius 1 is 1.41 bits per heavy atom. The lowest BCUT2D eigenvalue weighted by Crippen LogP contribution is -2.39. The summed E-state index contributed by atoms with van der Waals surface area (Å²) in [6.45, 7) is 0. The fraction of sp³-hybridized carbons (Fsp3) is 0.556. The molecule has 2 rings (SSSR count). The van der Waals surface area contributed by atoms with Gasteiger partial charge in [0.2, 0.25) is 5.28 Å². The van der Waals surface area contributed by atoms with Crippen molar-refractivity contribution in [2.24, 2.45) is 0 Å². The number of aromatic nitrogens is 2. The molecule has 17 heavy (non-hydrogen) atoms. The van der Waals surface area contributed by atoms with Crippen LogP contribution in [0.4, 0.5) is 19.0 Å². The number of nitrogens with one attached hydrogen (secondary N) is 1. The largest absolute Gasteiger partial charge is 0.421 e. The van der Waals surface area contributed by atoms with Gasteiger partial charge in [0, 0.05) is 12.2 Å². The van der Waals surface area contributed by atoms with Crippen LogP contribution in [0.5, 0.6) is 0 Å². The Kier molecular flexibility index (Phi) is 3.13. The van der Waals surface area contributed by atoms with E-state index < -0.39 is 17.8 Å². The highest BCUT2D eigenvalue weighted by atomic mass is 35.5. The van der Waals surface area contributed by atoms with Crippen molar-refractivity contribution in [2.75, 3.05) is 5.32 Å². The molecule has 0 bridgehead atoms. The first-order chi connectivity index (χ1) is 7.86. The second-order valence-corrected chi connectivity index (χ2v) is 4.20. The van der Waals surface area contributed by atoms with Gasteiger partial charge in [-0.15, -0.1) is 0 Å². The zero-order chi connectivity index (χ0) is 12.6. The van der Waals surface area contributed by atoms with Gasteiger partial charge in [-0.3, -0.25) is 0 Å². The molecule has 0 aromatic carbocycles. The van der Waals surface area contributed by atoms with Crippen LogP contribution in [0, 0.1) is 0 Å². The second-order valence-electron chi connectivity index (χ2n) is 3.87. The molecule has 1 aliphatic rings. The summed E-state index contributed by atoms with van der Waals surface area (Å²) in [4.78, 5) is 6.85. The number of nitrogens with zero attached hydrogens (tertiary/aromatic N) is 2. The molecular weight excluding hydrogens is 259 g/mol. The molecule has 0 spiro atoms. The van der Waals surface area contributed by atoms with E-state index in [4.69, 9.17) is 16.7 Å². The van der Waals surface area contributed by atoms with Crippen LogP contribution in [0.25, 0.3) is 0 Å². The molecule has 0 unspecified atom stereocenters. The molecule has 1 aromatic rings. The normalized spacial score (nSPS) is 24.3. The van der Waals surface area contributed by atoms with E-state index in [2.05, 4.69) is 15.3 Å². The van der Waals surface area contributed by atoms with Gasteiger partial charge in [0.15, 0.2) is 0 Å². The summed E-state index contributed by atoms with van der Waals surface area (Å²) in [5.41, 5.74) is -0.955. The van der Waals surface area contributed by atoms with Crippen molar-refractivity contribution >= 4 is 17.4 Å². The number of rotatable bonds is 2. The van der Waals surface area contributed by atoms with Gasteiger partial charge in [-0.25, -0.2) is 9.97 Å². The number of anilines is 1. The standard InChI is InChI=1S/C9H9ClF3N3O/c10-8-14-3-6(9(11,12)13)7(16-8)15-4-1-5(17)2-4/h3-5,17H,1-2H2,(H,14,15,16). The third-order valence-electron chi connectivity index (χ3n) is 2.52. The lowest BCUT2D eigenvalue weighted by molar-refractivity contribution is -0.137. The van der Waals surface area contributed by atoms with Gasteiger partial charge in [-0.2, -0.15) is 13.2 Å². The highest BCUT2D eigenvalue weighted by Gasteiger charge is 2.37. The zero-order valence-electron chi connectivity index (χ0n) is 8.50. The van der Waals surface area contributed by atoms with Crippen molar-refractivity contribution in [2.45, 2.75) is 31.2 Å². The quantitative estimate of drug-likeness (QED) is 0.806. The van der Waals surface area contributed by atoms with Crippen LogP contribution in [0.2, 0.25) is 5.28 Å². The summed E-state index contributed by atoms with van der Waals surface area (Å²) in [6.07, 6.45) is -3.54. The van der Waals surface area contributed by atoms with Crippen LogP contribution >= 0.6 is 11.6 Å². The summed E-state index contributed by atoms with van der Waals surface area (Å²) in [6, 6.07) is -0.211. The average Bonchev–Trinajstić information content (AvgIpc) is 2.13. The van der Waals surface area contributed by atoms with Crippen LogP contribution in [0.1, 0.15) is 18.4 Å². The number of hydrogen-bond acceptors (Lipinski definition) is 4. The lowest BCUT2D eigenvalue weighted by atomic mass is 9.89. The molecular formula is C9H9ClF3N3O. The SMILES string of the molecule is OC1CC(Nc2nc(Cl)ncc2C(F)(F)F)C1. The van der Waals surface area contributed by atoms with E-state index in [0.717, 1.165) is 0 Å². The maximum Gasteiger partial charge on any atom is 0.421 e. The molecule has 94 valence electrons. The zero-order valence-corrected chi connectivity index (χ0v) is 9.26. The molecule has 0 atom stereocenters. The molecule has 8 heteroatoms. The average molecular weight is 268 g/mol. The Labute approximate surface area is 99.8 Å². The van der Waals surface area contributed by atoms with E-state index >= 15 is 0 Å². The van der Waals surface area contributed by atoms with Gasteiger partial charge in [-0.1, -0.05) is 0 Å². The minimum atomic E-state index is -4.53. The van der Waals surface area contributed by atoms with Gasteiger partial charge in [0.25, 0.3) is 0 Å². The maximum absolute atomic E-state index is 12.6. The Morgan fingerprint density at radius 3 is 2.59 bits per heavy atom. The van der Waals surface area contributed by atoms with E-state index in [0.29, 0.717) is 19.0 Å². The smallest absolute Gasteiger partial charge is 0.393 e. The third kappa shape index (κ3) is 2.78. The third-order valence-corrected chi connectivity index (χ3v) is 2.70. The predicted molar refractivity (Wildman–Crippen MR) is 54.7 cm³/mol. The molecule has 1 fully saturated rings. The number of alkyl halides is 3. The first-order valence-electron chi connectivity index (χ1n) is 4.90. The second kappa shape index (κ2) is 4.30. The minimum absolute atomic E-state index is 0.211.